The van der Waals surface area contributed by atoms with Crippen LogP contribution in [0.5, 0.6) is 0 Å². The maximum Gasteiger partial charge on any atom is 0.0580 e. The molecular formula is C18H29NOS. The Labute approximate surface area is 133 Å². The molecular weight excluding hydrogens is 278 g/mol. The summed E-state index contributed by atoms with van der Waals surface area (Å²) in [6.07, 6.45) is 4.48. The van der Waals surface area contributed by atoms with Crippen molar-refractivity contribution >= 4 is 11.3 Å². The van der Waals surface area contributed by atoms with Crippen LogP contribution < -0.4 is 0 Å². The number of fused-ring (bicyclic) bond motifs is 1. The molecule has 2 nitrogen and oxygen atoms in total. The minimum absolute atomic E-state index is 0.0903. The Morgan fingerprint density at radius 1 is 1.33 bits per heavy atom. The summed E-state index contributed by atoms with van der Waals surface area (Å²) in [7, 11) is 0. The van der Waals surface area contributed by atoms with Crippen LogP contribution >= 0.6 is 11.3 Å². The van der Waals surface area contributed by atoms with Gasteiger partial charge in [-0.2, -0.15) is 0 Å². The van der Waals surface area contributed by atoms with Gasteiger partial charge in [0.15, 0.2) is 0 Å². The van der Waals surface area contributed by atoms with Crippen molar-refractivity contribution in [3.63, 3.8) is 0 Å². The van der Waals surface area contributed by atoms with E-state index in [0.29, 0.717) is 11.3 Å². The average Bonchev–Trinajstić information content (AvgIpc) is 2.87. The van der Waals surface area contributed by atoms with Crippen molar-refractivity contribution in [2.75, 3.05) is 13.1 Å². The maximum atomic E-state index is 10.4. The second-order valence-electron chi connectivity index (χ2n) is 8.06. The number of hydrogen-bond acceptors (Lipinski definition) is 3. The van der Waals surface area contributed by atoms with Crippen molar-refractivity contribution in [3.8, 4) is 0 Å². The molecule has 2 heterocycles. The van der Waals surface area contributed by atoms with Crippen LogP contribution in [0.3, 0.4) is 0 Å². The molecule has 0 spiro atoms. The zero-order valence-corrected chi connectivity index (χ0v) is 14.5. The van der Waals surface area contributed by atoms with Crippen molar-refractivity contribution in [1.29, 1.82) is 0 Å². The van der Waals surface area contributed by atoms with E-state index in [1.165, 1.54) is 24.8 Å². The van der Waals surface area contributed by atoms with Gasteiger partial charge in [-0.1, -0.05) is 20.8 Å². The van der Waals surface area contributed by atoms with Crippen molar-refractivity contribution in [2.45, 2.75) is 59.1 Å². The Morgan fingerprint density at radius 2 is 2.14 bits per heavy atom. The van der Waals surface area contributed by atoms with E-state index in [2.05, 4.69) is 37.1 Å². The second-order valence-corrected chi connectivity index (χ2v) is 9.06. The van der Waals surface area contributed by atoms with Crippen molar-refractivity contribution in [2.24, 2.45) is 17.3 Å². The number of nitrogens with zero attached hydrogens (tertiary/aromatic N) is 1. The Hall–Kier alpha value is -0.380. The zero-order chi connectivity index (χ0) is 15.0. The fraction of sp³-hybridized carbons (Fsp3) is 0.778. The van der Waals surface area contributed by atoms with E-state index in [9.17, 15) is 5.11 Å². The maximum absolute atomic E-state index is 10.4. The van der Waals surface area contributed by atoms with Crippen LogP contribution in [0.15, 0.2) is 11.4 Å². The van der Waals surface area contributed by atoms with Gasteiger partial charge in [-0.05, 0) is 59.9 Å². The highest BCUT2D eigenvalue weighted by molar-refractivity contribution is 7.10. The van der Waals surface area contributed by atoms with E-state index < -0.39 is 0 Å². The van der Waals surface area contributed by atoms with E-state index in [-0.39, 0.29) is 6.10 Å². The molecule has 1 aliphatic heterocycles. The van der Waals surface area contributed by atoms with Gasteiger partial charge in [-0.25, -0.2) is 0 Å². The number of aliphatic hydroxyl groups excluding tert-OH is 1. The summed E-state index contributed by atoms with van der Waals surface area (Å²) in [6.45, 7) is 10.4. The third kappa shape index (κ3) is 3.52. The number of rotatable bonds is 2. The summed E-state index contributed by atoms with van der Waals surface area (Å²) in [6, 6.07) is 2.28. The molecule has 1 aliphatic carbocycles. The monoisotopic (exact) mass is 307 g/mol. The van der Waals surface area contributed by atoms with E-state index in [1.807, 2.05) is 11.3 Å². The standard InChI is InChI=1S/C18H29NOS/c1-18(2,3)15-4-5-16(20)14(10-15)12-19-8-6-17-13(11-19)7-9-21-17/h7,9,14-16,20H,4-6,8,10-12H2,1-3H3. The molecule has 1 aromatic heterocycles. The molecule has 3 atom stereocenters. The molecule has 1 saturated carbocycles. The fourth-order valence-corrected chi connectivity index (χ4v) is 4.91. The van der Waals surface area contributed by atoms with E-state index in [0.717, 1.165) is 32.0 Å². The lowest BCUT2D eigenvalue weighted by Gasteiger charge is -2.42. The summed E-state index contributed by atoms with van der Waals surface area (Å²) < 4.78 is 0. The minimum atomic E-state index is -0.0903. The van der Waals surface area contributed by atoms with Crippen LogP contribution in [-0.4, -0.2) is 29.2 Å². The lowest BCUT2D eigenvalue weighted by atomic mass is 9.68. The number of aliphatic hydroxyl groups is 1. The van der Waals surface area contributed by atoms with Gasteiger partial charge in [0.25, 0.3) is 0 Å². The highest BCUT2D eigenvalue weighted by Gasteiger charge is 2.36. The summed E-state index contributed by atoms with van der Waals surface area (Å²) in [5, 5.41) is 12.6. The third-order valence-electron chi connectivity index (χ3n) is 5.55. The first kappa shape index (κ1) is 15.5. The van der Waals surface area contributed by atoms with Crippen LogP contribution in [0.4, 0.5) is 0 Å². The highest BCUT2D eigenvalue weighted by Crippen LogP contribution is 2.41. The molecule has 3 unspecified atom stereocenters. The lowest BCUT2D eigenvalue weighted by molar-refractivity contribution is 0.00146. The smallest absolute Gasteiger partial charge is 0.0580 e. The normalized spacial score (nSPS) is 31.1. The second kappa shape index (κ2) is 6.02. The minimum Gasteiger partial charge on any atom is -0.393 e. The van der Waals surface area contributed by atoms with Gasteiger partial charge in [-0.3, -0.25) is 4.90 Å². The fourth-order valence-electron chi connectivity index (χ4n) is 4.03. The molecule has 0 bridgehead atoms. The molecule has 3 rings (SSSR count). The van der Waals surface area contributed by atoms with Crippen molar-refractivity contribution < 1.29 is 5.11 Å². The molecule has 21 heavy (non-hydrogen) atoms. The van der Waals surface area contributed by atoms with Gasteiger partial charge in [0.2, 0.25) is 0 Å². The molecule has 0 radical (unpaired) electrons. The van der Waals surface area contributed by atoms with E-state index >= 15 is 0 Å². The SMILES string of the molecule is CC(C)(C)C1CCC(O)C(CN2CCc3sccc3C2)C1. The first-order valence-electron chi connectivity index (χ1n) is 8.39. The van der Waals surface area contributed by atoms with E-state index in [4.69, 9.17) is 0 Å². The molecule has 0 aromatic carbocycles. The quantitative estimate of drug-likeness (QED) is 0.895. The average molecular weight is 308 g/mol. The molecule has 1 fully saturated rings. The predicted molar refractivity (Wildman–Crippen MR) is 89.6 cm³/mol. The van der Waals surface area contributed by atoms with Crippen LogP contribution in [0.2, 0.25) is 0 Å². The molecule has 0 saturated heterocycles. The first-order chi connectivity index (χ1) is 9.93. The Bertz CT molecular complexity index is 476. The molecule has 0 amide bonds. The van der Waals surface area contributed by atoms with Gasteiger partial charge in [0, 0.05) is 24.5 Å². The first-order valence-corrected chi connectivity index (χ1v) is 9.27. The molecule has 1 aromatic rings. The molecule has 2 aliphatic rings. The van der Waals surface area contributed by atoms with Crippen molar-refractivity contribution in [3.05, 3.63) is 21.9 Å². The number of hydrogen-bond donors (Lipinski definition) is 1. The van der Waals surface area contributed by atoms with Gasteiger partial charge >= 0.3 is 0 Å². The Balaban J connectivity index is 1.61. The van der Waals surface area contributed by atoms with Gasteiger partial charge < -0.3 is 5.11 Å². The summed E-state index contributed by atoms with van der Waals surface area (Å²) >= 11 is 1.90. The Kier molecular flexibility index (Phi) is 4.45. The highest BCUT2D eigenvalue weighted by atomic mass is 32.1. The summed E-state index contributed by atoms with van der Waals surface area (Å²) in [5.41, 5.74) is 1.89. The van der Waals surface area contributed by atoms with Crippen molar-refractivity contribution in [1.82, 2.24) is 4.90 Å². The molecule has 118 valence electrons. The molecule has 1 N–H and O–H groups in total. The predicted octanol–water partition coefficient (Wildman–Crippen LogP) is 3.93. The number of thiophene rings is 1. The summed E-state index contributed by atoms with van der Waals surface area (Å²) in [5.74, 6) is 1.22. The lowest BCUT2D eigenvalue weighted by Crippen LogP contribution is -2.42. The van der Waals surface area contributed by atoms with Crippen LogP contribution in [0, 0.1) is 17.3 Å². The Morgan fingerprint density at radius 3 is 2.90 bits per heavy atom. The topological polar surface area (TPSA) is 23.5 Å². The van der Waals surface area contributed by atoms with Crippen LogP contribution in [0.25, 0.3) is 0 Å². The van der Waals surface area contributed by atoms with Gasteiger partial charge in [0.05, 0.1) is 6.10 Å². The largest absolute Gasteiger partial charge is 0.393 e. The third-order valence-corrected chi connectivity index (χ3v) is 6.57. The zero-order valence-electron chi connectivity index (χ0n) is 13.6. The summed E-state index contributed by atoms with van der Waals surface area (Å²) in [4.78, 5) is 4.14. The molecule has 3 heteroatoms. The van der Waals surface area contributed by atoms with Crippen LogP contribution in [-0.2, 0) is 13.0 Å². The van der Waals surface area contributed by atoms with Crippen LogP contribution in [0.1, 0.15) is 50.5 Å². The van der Waals surface area contributed by atoms with Gasteiger partial charge in [-0.15, -0.1) is 11.3 Å². The van der Waals surface area contributed by atoms with Gasteiger partial charge in [0.1, 0.15) is 0 Å². The van der Waals surface area contributed by atoms with E-state index in [1.54, 1.807) is 4.88 Å².